The van der Waals surface area contributed by atoms with Crippen LogP contribution in [0.2, 0.25) is 0 Å². The van der Waals surface area contributed by atoms with Crippen LogP contribution < -0.4 is 9.80 Å². The van der Waals surface area contributed by atoms with Gasteiger partial charge in [0.25, 0.3) is 0 Å². The molecule has 1 atom stereocenters. The van der Waals surface area contributed by atoms with Crippen molar-refractivity contribution in [3.8, 4) is 0 Å². The topological polar surface area (TPSA) is 66.9 Å². The molecule has 0 bridgehead atoms. The summed E-state index contributed by atoms with van der Waals surface area (Å²) in [5.41, 5.74) is 1.38. The summed E-state index contributed by atoms with van der Waals surface area (Å²) >= 11 is 0. The van der Waals surface area contributed by atoms with Crippen LogP contribution in [0.1, 0.15) is 13.3 Å². The number of carbonyl (C=O) groups excluding carboxylic acids is 3. The molecule has 140 valence electrons. The van der Waals surface area contributed by atoms with E-state index in [-0.39, 0.29) is 31.4 Å². The maximum absolute atomic E-state index is 13.1. The Kier molecular flexibility index (Phi) is 5.86. The standard InChI is InChI=1S/C21H22N2O4/c1-2-27-20(25)15-23(18-11-7-4-8-12-18)21(26)16-13-19(24)22(14-16)17-9-5-3-6-10-17/h3-12,16H,2,13-15H2,1H3. The molecule has 0 saturated carbocycles. The fourth-order valence-corrected chi connectivity index (χ4v) is 3.19. The Morgan fingerprint density at radius 1 is 1.07 bits per heavy atom. The summed E-state index contributed by atoms with van der Waals surface area (Å²) in [7, 11) is 0. The van der Waals surface area contributed by atoms with Crippen LogP contribution in [0.3, 0.4) is 0 Å². The Morgan fingerprint density at radius 3 is 2.33 bits per heavy atom. The first-order chi connectivity index (χ1) is 13.1. The first-order valence-electron chi connectivity index (χ1n) is 8.97. The van der Waals surface area contributed by atoms with Crippen molar-refractivity contribution in [1.82, 2.24) is 0 Å². The first kappa shape index (κ1) is 18.6. The van der Waals surface area contributed by atoms with Crippen molar-refractivity contribution in [3.05, 3.63) is 60.7 Å². The van der Waals surface area contributed by atoms with E-state index in [1.807, 2.05) is 36.4 Å². The largest absolute Gasteiger partial charge is 0.465 e. The second kappa shape index (κ2) is 8.49. The molecule has 1 fully saturated rings. The number of hydrogen-bond donors (Lipinski definition) is 0. The first-order valence-corrected chi connectivity index (χ1v) is 8.97. The van der Waals surface area contributed by atoms with Gasteiger partial charge in [0.05, 0.1) is 12.5 Å². The Hall–Kier alpha value is -3.15. The Morgan fingerprint density at radius 2 is 1.70 bits per heavy atom. The second-order valence-corrected chi connectivity index (χ2v) is 6.31. The molecule has 0 spiro atoms. The molecule has 1 saturated heterocycles. The SMILES string of the molecule is CCOC(=O)CN(C(=O)C1CC(=O)N(c2ccccc2)C1)c1ccccc1. The summed E-state index contributed by atoms with van der Waals surface area (Å²) in [4.78, 5) is 40.6. The van der Waals surface area contributed by atoms with Crippen molar-refractivity contribution in [2.24, 2.45) is 5.92 Å². The van der Waals surface area contributed by atoms with Crippen LogP contribution in [0.5, 0.6) is 0 Å². The Bertz CT molecular complexity index is 807. The quantitative estimate of drug-likeness (QED) is 0.737. The maximum atomic E-state index is 13.1. The fraction of sp³-hybridized carbons (Fsp3) is 0.286. The molecule has 6 nitrogen and oxygen atoms in total. The molecular formula is C21H22N2O4. The van der Waals surface area contributed by atoms with Crippen molar-refractivity contribution in [1.29, 1.82) is 0 Å². The van der Waals surface area contributed by atoms with E-state index in [9.17, 15) is 14.4 Å². The maximum Gasteiger partial charge on any atom is 0.326 e. The molecular weight excluding hydrogens is 344 g/mol. The van der Waals surface area contributed by atoms with E-state index in [0.29, 0.717) is 12.2 Å². The third-order valence-corrected chi connectivity index (χ3v) is 4.47. The average Bonchev–Trinajstić information content (AvgIpc) is 3.09. The average molecular weight is 366 g/mol. The van der Waals surface area contributed by atoms with E-state index in [1.165, 1.54) is 4.90 Å². The Labute approximate surface area is 158 Å². The lowest BCUT2D eigenvalue weighted by Gasteiger charge is -2.25. The summed E-state index contributed by atoms with van der Waals surface area (Å²) in [5, 5.41) is 0. The van der Waals surface area contributed by atoms with Crippen LogP contribution in [0.4, 0.5) is 11.4 Å². The lowest BCUT2D eigenvalue weighted by atomic mass is 10.1. The van der Waals surface area contributed by atoms with E-state index in [2.05, 4.69) is 0 Å². The monoisotopic (exact) mass is 366 g/mol. The van der Waals surface area contributed by atoms with Gasteiger partial charge in [-0.15, -0.1) is 0 Å². The van der Waals surface area contributed by atoms with Gasteiger partial charge in [0, 0.05) is 24.3 Å². The second-order valence-electron chi connectivity index (χ2n) is 6.31. The van der Waals surface area contributed by atoms with Crippen molar-refractivity contribution in [2.45, 2.75) is 13.3 Å². The van der Waals surface area contributed by atoms with Crippen molar-refractivity contribution in [2.75, 3.05) is 29.5 Å². The molecule has 0 aliphatic carbocycles. The number of esters is 1. The number of amides is 2. The molecule has 2 amide bonds. The van der Waals surface area contributed by atoms with Gasteiger partial charge in [-0.2, -0.15) is 0 Å². The molecule has 27 heavy (non-hydrogen) atoms. The number of ether oxygens (including phenoxy) is 1. The van der Waals surface area contributed by atoms with Crippen LogP contribution >= 0.6 is 0 Å². The van der Waals surface area contributed by atoms with Gasteiger partial charge in [-0.3, -0.25) is 14.4 Å². The molecule has 1 aliphatic heterocycles. The van der Waals surface area contributed by atoms with Crippen LogP contribution in [-0.2, 0) is 19.1 Å². The third kappa shape index (κ3) is 4.34. The number of carbonyl (C=O) groups is 3. The molecule has 0 aromatic heterocycles. The van der Waals surface area contributed by atoms with Crippen molar-refractivity contribution >= 4 is 29.2 Å². The lowest BCUT2D eigenvalue weighted by molar-refractivity contribution is -0.142. The molecule has 0 N–H and O–H groups in total. The molecule has 6 heteroatoms. The van der Waals surface area contributed by atoms with Crippen LogP contribution in [-0.4, -0.2) is 37.5 Å². The third-order valence-electron chi connectivity index (χ3n) is 4.47. The molecule has 1 unspecified atom stereocenters. The molecule has 2 aromatic rings. The van der Waals surface area contributed by atoms with Gasteiger partial charge in [0.2, 0.25) is 11.8 Å². The minimum Gasteiger partial charge on any atom is -0.465 e. The van der Waals surface area contributed by atoms with Gasteiger partial charge in [-0.25, -0.2) is 0 Å². The highest BCUT2D eigenvalue weighted by Gasteiger charge is 2.38. The predicted octanol–water partition coefficient (Wildman–Crippen LogP) is 2.64. The summed E-state index contributed by atoms with van der Waals surface area (Å²) in [6, 6.07) is 18.3. The summed E-state index contributed by atoms with van der Waals surface area (Å²) in [6.07, 6.45) is 0.125. The highest BCUT2D eigenvalue weighted by molar-refractivity contribution is 6.05. The molecule has 2 aromatic carbocycles. The van der Waals surface area contributed by atoms with Crippen LogP contribution in [0.15, 0.2) is 60.7 Å². The smallest absolute Gasteiger partial charge is 0.326 e. The zero-order valence-electron chi connectivity index (χ0n) is 15.2. The van der Waals surface area contributed by atoms with Gasteiger partial charge in [0.1, 0.15) is 6.54 Å². The Balaban J connectivity index is 1.80. The molecule has 1 heterocycles. The van der Waals surface area contributed by atoms with E-state index >= 15 is 0 Å². The number of para-hydroxylation sites is 2. The summed E-state index contributed by atoms with van der Waals surface area (Å²) in [6.45, 7) is 2.10. The van der Waals surface area contributed by atoms with Gasteiger partial charge >= 0.3 is 5.97 Å². The van der Waals surface area contributed by atoms with Gasteiger partial charge < -0.3 is 14.5 Å². The summed E-state index contributed by atoms with van der Waals surface area (Å²) in [5.74, 6) is -1.32. The minimum atomic E-state index is -0.507. The van der Waals surface area contributed by atoms with E-state index < -0.39 is 11.9 Å². The number of hydrogen-bond acceptors (Lipinski definition) is 4. The van der Waals surface area contributed by atoms with E-state index in [4.69, 9.17) is 4.74 Å². The van der Waals surface area contributed by atoms with Gasteiger partial charge in [-0.1, -0.05) is 36.4 Å². The van der Waals surface area contributed by atoms with E-state index in [1.54, 1.807) is 36.1 Å². The fourth-order valence-electron chi connectivity index (χ4n) is 3.19. The highest BCUT2D eigenvalue weighted by Crippen LogP contribution is 2.27. The predicted molar refractivity (Wildman–Crippen MR) is 102 cm³/mol. The van der Waals surface area contributed by atoms with Gasteiger partial charge in [-0.05, 0) is 31.2 Å². The number of rotatable bonds is 6. The minimum absolute atomic E-state index is 0.0938. The lowest BCUT2D eigenvalue weighted by Crippen LogP contribution is -2.41. The number of nitrogens with zero attached hydrogens (tertiary/aromatic N) is 2. The van der Waals surface area contributed by atoms with Crippen molar-refractivity contribution < 1.29 is 19.1 Å². The normalized spacial score (nSPS) is 16.3. The van der Waals surface area contributed by atoms with Crippen molar-refractivity contribution in [3.63, 3.8) is 0 Å². The summed E-state index contributed by atoms with van der Waals surface area (Å²) < 4.78 is 5.01. The molecule has 0 radical (unpaired) electrons. The zero-order chi connectivity index (χ0) is 19.2. The van der Waals surface area contributed by atoms with Crippen LogP contribution in [0.25, 0.3) is 0 Å². The van der Waals surface area contributed by atoms with E-state index in [0.717, 1.165) is 5.69 Å². The van der Waals surface area contributed by atoms with Gasteiger partial charge in [0.15, 0.2) is 0 Å². The number of benzene rings is 2. The highest BCUT2D eigenvalue weighted by atomic mass is 16.5. The molecule has 3 rings (SSSR count). The zero-order valence-corrected chi connectivity index (χ0v) is 15.2. The molecule has 1 aliphatic rings. The number of anilines is 2. The van der Waals surface area contributed by atoms with Crippen LogP contribution in [0, 0.1) is 5.92 Å².